The lowest BCUT2D eigenvalue weighted by Gasteiger charge is -2.09. The Hall–Kier alpha value is -2.01. The van der Waals surface area contributed by atoms with Crippen molar-refractivity contribution in [1.29, 1.82) is 0 Å². The average molecular weight is 298 g/mol. The number of H-pyrrole nitrogens is 1. The van der Waals surface area contributed by atoms with Crippen molar-refractivity contribution >= 4 is 11.8 Å². The molecule has 0 bridgehead atoms. The van der Waals surface area contributed by atoms with Crippen LogP contribution < -0.4 is 0 Å². The number of aromatic nitrogens is 4. The van der Waals surface area contributed by atoms with Gasteiger partial charge in [-0.25, -0.2) is 0 Å². The van der Waals surface area contributed by atoms with E-state index in [2.05, 4.69) is 52.7 Å². The maximum atomic E-state index is 4.41. The molecule has 0 spiro atoms. The lowest BCUT2D eigenvalue weighted by Crippen LogP contribution is -2.00. The van der Waals surface area contributed by atoms with Crippen LogP contribution in [0, 0.1) is 20.8 Å². The number of rotatable bonds is 3. The van der Waals surface area contributed by atoms with Crippen LogP contribution in [0.5, 0.6) is 0 Å². The molecule has 0 fully saturated rings. The van der Waals surface area contributed by atoms with E-state index < -0.39 is 0 Å². The van der Waals surface area contributed by atoms with Crippen LogP contribution in [0.4, 0.5) is 0 Å². The maximum Gasteiger partial charge on any atom is 0.195 e. The molecule has 2 aromatic heterocycles. The third-order valence-electron chi connectivity index (χ3n) is 3.87. The van der Waals surface area contributed by atoms with Gasteiger partial charge in [0.05, 0.1) is 5.69 Å². The molecule has 108 valence electrons. The molecule has 21 heavy (non-hydrogen) atoms. The third-order valence-corrected chi connectivity index (χ3v) is 4.50. The van der Waals surface area contributed by atoms with E-state index in [0.717, 1.165) is 22.4 Å². The molecule has 1 aromatic carbocycles. The average Bonchev–Trinajstić information content (AvgIpc) is 3.04. The summed E-state index contributed by atoms with van der Waals surface area (Å²) in [6.07, 6.45) is 2.02. The molecule has 2 heterocycles. The number of nitrogens with one attached hydrogen (secondary N) is 1. The van der Waals surface area contributed by atoms with Crippen molar-refractivity contribution in [2.24, 2.45) is 0 Å². The van der Waals surface area contributed by atoms with Crippen molar-refractivity contribution in [3.8, 4) is 17.2 Å². The van der Waals surface area contributed by atoms with E-state index in [1.54, 1.807) is 11.8 Å². The van der Waals surface area contributed by atoms with E-state index in [4.69, 9.17) is 0 Å². The number of nitrogens with zero attached hydrogens (tertiary/aromatic N) is 3. The van der Waals surface area contributed by atoms with E-state index in [9.17, 15) is 0 Å². The number of para-hydroxylation sites is 1. The first-order valence-electron chi connectivity index (χ1n) is 6.84. The standard InChI is InChI=1S/C16H18N4S/c1-10-11(2)14(17-12(10)3)15-18-19-16(21-4)20(15)13-8-6-5-7-9-13/h5-9,17H,1-4H3. The van der Waals surface area contributed by atoms with Crippen LogP contribution in [0.1, 0.15) is 16.8 Å². The molecule has 0 aliphatic rings. The van der Waals surface area contributed by atoms with Crippen LogP contribution in [-0.2, 0) is 0 Å². The normalized spacial score (nSPS) is 11.0. The highest BCUT2D eigenvalue weighted by Gasteiger charge is 2.19. The Bertz CT molecular complexity index is 771. The van der Waals surface area contributed by atoms with Gasteiger partial charge in [0.15, 0.2) is 11.0 Å². The maximum absolute atomic E-state index is 4.41. The Balaban J connectivity index is 2.25. The molecule has 0 unspecified atom stereocenters. The number of aryl methyl sites for hydroxylation is 1. The zero-order valence-corrected chi connectivity index (χ0v) is 13.5. The van der Waals surface area contributed by atoms with Crippen molar-refractivity contribution in [2.75, 3.05) is 6.26 Å². The van der Waals surface area contributed by atoms with Crippen LogP contribution in [0.2, 0.25) is 0 Å². The van der Waals surface area contributed by atoms with Gasteiger partial charge in [-0.1, -0.05) is 30.0 Å². The summed E-state index contributed by atoms with van der Waals surface area (Å²) in [7, 11) is 0. The molecule has 3 aromatic rings. The Kier molecular flexibility index (Phi) is 3.59. The Morgan fingerprint density at radius 1 is 1.00 bits per heavy atom. The van der Waals surface area contributed by atoms with Gasteiger partial charge in [0.25, 0.3) is 0 Å². The SMILES string of the molecule is CSc1nnc(-c2[nH]c(C)c(C)c2C)n1-c1ccccc1. The van der Waals surface area contributed by atoms with Gasteiger partial charge >= 0.3 is 0 Å². The number of thioether (sulfide) groups is 1. The smallest absolute Gasteiger partial charge is 0.195 e. The fourth-order valence-corrected chi connectivity index (χ4v) is 2.94. The highest BCUT2D eigenvalue weighted by molar-refractivity contribution is 7.98. The minimum absolute atomic E-state index is 0.860. The van der Waals surface area contributed by atoms with E-state index in [1.165, 1.54) is 16.8 Å². The molecule has 5 heteroatoms. The molecule has 3 rings (SSSR count). The second-order valence-electron chi connectivity index (χ2n) is 5.06. The molecule has 0 saturated heterocycles. The van der Waals surface area contributed by atoms with Crippen LogP contribution in [-0.4, -0.2) is 26.0 Å². The van der Waals surface area contributed by atoms with Gasteiger partial charge in [0, 0.05) is 11.4 Å². The summed E-state index contributed by atoms with van der Waals surface area (Å²) >= 11 is 1.60. The molecule has 4 nitrogen and oxygen atoms in total. The van der Waals surface area contributed by atoms with Gasteiger partial charge in [-0.3, -0.25) is 4.57 Å². The molecule has 1 N–H and O–H groups in total. The van der Waals surface area contributed by atoms with Crippen LogP contribution in [0.25, 0.3) is 17.2 Å². The largest absolute Gasteiger partial charge is 0.356 e. The predicted octanol–water partition coefficient (Wildman–Crippen LogP) is 3.91. The second-order valence-corrected chi connectivity index (χ2v) is 5.83. The van der Waals surface area contributed by atoms with Crippen molar-refractivity contribution in [3.05, 3.63) is 47.2 Å². The number of benzene rings is 1. The molecular weight excluding hydrogens is 280 g/mol. The molecule has 0 aliphatic carbocycles. The molecule has 0 saturated carbocycles. The number of hydrogen-bond donors (Lipinski definition) is 1. The summed E-state index contributed by atoms with van der Waals surface area (Å²) in [6, 6.07) is 10.2. The van der Waals surface area contributed by atoms with E-state index in [1.807, 2.05) is 24.5 Å². The zero-order chi connectivity index (χ0) is 15.0. The fourth-order valence-electron chi connectivity index (χ4n) is 2.44. The molecule has 0 radical (unpaired) electrons. The van der Waals surface area contributed by atoms with E-state index in [0.29, 0.717) is 0 Å². The van der Waals surface area contributed by atoms with Crippen LogP contribution >= 0.6 is 11.8 Å². The van der Waals surface area contributed by atoms with Gasteiger partial charge in [-0.15, -0.1) is 10.2 Å². The highest BCUT2D eigenvalue weighted by atomic mass is 32.2. The molecule has 0 aliphatic heterocycles. The van der Waals surface area contributed by atoms with Gasteiger partial charge in [0.1, 0.15) is 0 Å². The first-order valence-corrected chi connectivity index (χ1v) is 8.07. The van der Waals surface area contributed by atoms with Crippen molar-refractivity contribution in [3.63, 3.8) is 0 Å². The Labute approximate surface area is 128 Å². The first kappa shape index (κ1) is 13.9. The van der Waals surface area contributed by atoms with E-state index in [-0.39, 0.29) is 0 Å². The van der Waals surface area contributed by atoms with Crippen LogP contribution in [0.3, 0.4) is 0 Å². The van der Waals surface area contributed by atoms with Gasteiger partial charge in [0.2, 0.25) is 0 Å². The summed E-state index contributed by atoms with van der Waals surface area (Å²) in [4.78, 5) is 3.44. The predicted molar refractivity (Wildman–Crippen MR) is 87.1 cm³/mol. The quantitative estimate of drug-likeness (QED) is 0.746. The Morgan fingerprint density at radius 2 is 1.71 bits per heavy atom. The first-order chi connectivity index (χ1) is 10.1. The number of hydrogen-bond acceptors (Lipinski definition) is 3. The zero-order valence-electron chi connectivity index (χ0n) is 12.6. The van der Waals surface area contributed by atoms with Crippen LogP contribution in [0.15, 0.2) is 35.5 Å². The number of aromatic amines is 1. The second kappa shape index (κ2) is 5.41. The summed E-state index contributed by atoms with van der Waals surface area (Å²) in [5, 5.41) is 9.62. The monoisotopic (exact) mass is 298 g/mol. The minimum atomic E-state index is 0.860. The molecule has 0 atom stereocenters. The van der Waals surface area contributed by atoms with Gasteiger partial charge in [-0.2, -0.15) is 0 Å². The summed E-state index contributed by atoms with van der Waals surface area (Å²) in [6.45, 7) is 6.34. The van der Waals surface area contributed by atoms with E-state index >= 15 is 0 Å². The van der Waals surface area contributed by atoms with Gasteiger partial charge in [-0.05, 0) is 50.3 Å². The minimum Gasteiger partial charge on any atom is -0.356 e. The Morgan fingerprint density at radius 3 is 2.29 bits per heavy atom. The third kappa shape index (κ3) is 2.27. The molecular formula is C16H18N4S. The van der Waals surface area contributed by atoms with Crippen molar-refractivity contribution in [2.45, 2.75) is 25.9 Å². The summed E-state index contributed by atoms with van der Waals surface area (Å²) in [5.74, 6) is 0.860. The fraction of sp³-hybridized carbons (Fsp3) is 0.250. The topological polar surface area (TPSA) is 46.5 Å². The summed E-state index contributed by atoms with van der Waals surface area (Å²) < 4.78 is 2.10. The van der Waals surface area contributed by atoms with Crippen molar-refractivity contribution < 1.29 is 0 Å². The molecule has 0 amide bonds. The summed E-state index contributed by atoms with van der Waals surface area (Å²) in [5.41, 5.74) is 5.80. The van der Waals surface area contributed by atoms with Gasteiger partial charge < -0.3 is 4.98 Å². The lowest BCUT2D eigenvalue weighted by molar-refractivity contribution is 0.887. The van der Waals surface area contributed by atoms with Crippen molar-refractivity contribution in [1.82, 2.24) is 19.7 Å². The highest BCUT2D eigenvalue weighted by Crippen LogP contribution is 2.30. The lowest BCUT2D eigenvalue weighted by atomic mass is 10.1.